The van der Waals surface area contributed by atoms with Crippen molar-refractivity contribution in [3.63, 3.8) is 0 Å². The highest BCUT2D eigenvalue weighted by molar-refractivity contribution is 5.84. The fraction of sp³-hybridized carbons (Fsp3) is 0.316. The van der Waals surface area contributed by atoms with Crippen LogP contribution in [0.2, 0.25) is 0 Å². The second-order valence-corrected chi connectivity index (χ2v) is 6.54. The van der Waals surface area contributed by atoms with Gasteiger partial charge in [0.25, 0.3) is 5.91 Å². The molecule has 0 spiro atoms. The smallest absolute Gasteiger partial charge is 0.252 e. The van der Waals surface area contributed by atoms with Crippen LogP contribution in [0.4, 0.5) is 0 Å². The summed E-state index contributed by atoms with van der Waals surface area (Å²) in [6, 6.07) is 13.3. The van der Waals surface area contributed by atoms with E-state index in [1.54, 1.807) is 17.1 Å². The van der Waals surface area contributed by atoms with E-state index < -0.39 is 6.04 Å². The molecule has 2 aromatic heterocycles. The minimum absolute atomic E-state index is 0.0194. The zero-order valence-corrected chi connectivity index (χ0v) is 14.6. The molecule has 0 saturated heterocycles. The number of tetrazole rings is 1. The third-order valence-corrected chi connectivity index (χ3v) is 4.62. The van der Waals surface area contributed by atoms with Crippen LogP contribution in [-0.4, -0.2) is 42.0 Å². The number of amides is 1. The average molecular weight is 348 g/mol. The first-order valence-electron chi connectivity index (χ1n) is 8.73. The molecule has 1 aliphatic rings. The van der Waals surface area contributed by atoms with Crippen molar-refractivity contribution in [3.8, 4) is 0 Å². The molecule has 1 atom stereocenters. The van der Waals surface area contributed by atoms with Gasteiger partial charge in [-0.15, -0.1) is 5.10 Å². The number of aryl methyl sites for hydroxylation is 1. The van der Waals surface area contributed by atoms with Gasteiger partial charge >= 0.3 is 0 Å². The molecule has 1 saturated carbocycles. The normalized spacial score (nSPS) is 14.8. The van der Waals surface area contributed by atoms with Crippen LogP contribution < -0.4 is 0 Å². The minimum atomic E-state index is -0.561. The summed E-state index contributed by atoms with van der Waals surface area (Å²) in [5.41, 5.74) is 1.95. The van der Waals surface area contributed by atoms with Crippen LogP contribution in [0.3, 0.4) is 0 Å². The van der Waals surface area contributed by atoms with Crippen LogP contribution in [-0.2, 0) is 11.3 Å². The maximum atomic E-state index is 13.6. The van der Waals surface area contributed by atoms with Gasteiger partial charge in [0.15, 0.2) is 6.04 Å². The fourth-order valence-corrected chi connectivity index (χ4v) is 3.12. The molecule has 0 N–H and O–H groups in total. The van der Waals surface area contributed by atoms with Gasteiger partial charge in [0.2, 0.25) is 0 Å². The predicted molar refractivity (Wildman–Crippen MR) is 94.9 cm³/mol. The molecule has 7 nitrogen and oxygen atoms in total. The van der Waals surface area contributed by atoms with E-state index in [1.807, 2.05) is 54.3 Å². The number of rotatable bonds is 6. The summed E-state index contributed by atoms with van der Waals surface area (Å²) in [7, 11) is 0. The van der Waals surface area contributed by atoms with Gasteiger partial charge in [0.05, 0.1) is 0 Å². The van der Waals surface area contributed by atoms with Crippen LogP contribution in [0.15, 0.2) is 54.9 Å². The molecule has 0 aliphatic heterocycles. The molecule has 4 rings (SSSR count). The average Bonchev–Trinajstić information content (AvgIpc) is 3.44. The number of nitrogens with zero attached hydrogens (tertiary/aromatic N) is 6. The van der Waals surface area contributed by atoms with Crippen molar-refractivity contribution in [2.24, 2.45) is 0 Å². The van der Waals surface area contributed by atoms with Gasteiger partial charge in [0.1, 0.15) is 5.82 Å². The summed E-state index contributed by atoms with van der Waals surface area (Å²) in [5, 5.41) is 11.8. The Hall–Kier alpha value is -3.09. The van der Waals surface area contributed by atoms with Crippen LogP contribution >= 0.6 is 0 Å². The van der Waals surface area contributed by atoms with Gasteiger partial charge in [-0.25, -0.2) is 4.68 Å². The first-order valence-corrected chi connectivity index (χ1v) is 8.73. The molecule has 1 fully saturated rings. The highest BCUT2D eigenvalue weighted by atomic mass is 16.2. The maximum absolute atomic E-state index is 13.6. The molecular weight excluding hydrogens is 328 g/mol. The summed E-state index contributed by atoms with van der Waals surface area (Å²) in [6.07, 6.45) is 5.58. The number of carbonyl (C=O) groups excluding carboxylic acids is 1. The lowest BCUT2D eigenvalue weighted by molar-refractivity contribution is -0.135. The van der Waals surface area contributed by atoms with E-state index in [0.717, 1.165) is 24.0 Å². The third-order valence-electron chi connectivity index (χ3n) is 4.62. The SMILES string of the molecule is Cc1nnnn1C(C(=O)N(Cc1ccncc1)C1CC1)c1ccccc1. The Morgan fingerprint density at radius 3 is 2.54 bits per heavy atom. The number of hydrogen-bond acceptors (Lipinski definition) is 5. The quantitative estimate of drug-likeness (QED) is 0.682. The van der Waals surface area contributed by atoms with Crippen LogP contribution in [0, 0.1) is 6.92 Å². The molecule has 1 unspecified atom stereocenters. The molecule has 7 heteroatoms. The van der Waals surface area contributed by atoms with E-state index in [2.05, 4.69) is 20.5 Å². The molecular formula is C19H20N6O. The fourth-order valence-electron chi connectivity index (χ4n) is 3.12. The highest BCUT2D eigenvalue weighted by Gasteiger charge is 2.38. The van der Waals surface area contributed by atoms with Gasteiger partial charge in [-0.2, -0.15) is 0 Å². The Kier molecular flexibility index (Phi) is 4.43. The number of carbonyl (C=O) groups is 1. The maximum Gasteiger partial charge on any atom is 0.252 e. The first-order chi connectivity index (χ1) is 12.7. The summed E-state index contributed by atoms with van der Waals surface area (Å²) in [4.78, 5) is 19.6. The van der Waals surface area contributed by atoms with Crippen LogP contribution in [0.1, 0.15) is 35.8 Å². The number of hydrogen-bond donors (Lipinski definition) is 0. The van der Waals surface area contributed by atoms with Crippen LogP contribution in [0.5, 0.6) is 0 Å². The summed E-state index contributed by atoms with van der Waals surface area (Å²) < 4.78 is 1.61. The Labute approximate surface area is 151 Å². The Bertz CT molecular complexity index is 875. The van der Waals surface area contributed by atoms with E-state index in [1.165, 1.54) is 0 Å². The number of aromatic nitrogens is 5. The first kappa shape index (κ1) is 16.4. The van der Waals surface area contributed by atoms with E-state index in [-0.39, 0.29) is 11.9 Å². The standard InChI is InChI=1S/C19H20N6O/c1-14-21-22-23-25(14)18(16-5-3-2-4-6-16)19(26)24(17-7-8-17)13-15-9-11-20-12-10-15/h2-6,9-12,17-18H,7-8,13H2,1H3. The van der Waals surface area contributed by atoms with Crippen molar-refractivity contribution in [1.29, 1.82) is 0 Å². The lowest BCUT2D eigenvalue weighted by Crippen LogP contribution is -2.39. The third kappa shape index (κ3) is 3.33. The predicted octanol–water partition coefficient (Wildman–Crippen LogP) is 2.16. The molecule has 1 aromatic carbocycles. The molecule has 3 aromatic rings. The molecule has 0 bridgehead atoms. The zero-order valence-electron chi connectivity index (χ0n) is 14.6. The summed E-state index contributed by atoms with van der Waals surface area (Å²) in [6.45, 7) is 2.38. The van der Waals surface area contributed by atoms with Crippen molar-refractivity contribution >= 4 is 5.91 Å². The molecule has 26 heavy (non-hydrogen) atoms. The topological polar surface area (TPSA) is 76.8 Å². The van der Waals surface area contributed by atoms with Gasteiger partial charge in [-0.3, -0.25) is 9.78 Å². The molecule has 1 amide bonds. The van der Waals surface area contributed by atoms with Crippen molar-refractivity contribution in [3.05, 3.63) is 71.8 Å². The van der Waals surface area contributed by atoms with E-state index in [9.17, 15) is 4.79 Å². The van der Waals surface area contributed by atoms with Crippen LogP contribution in [0.25, 0.3) is 0 Å². The second kappa shape index (κ2) is 7.03. The Morgan fingerprint density at radius 1 is 1.19 bits per heavy atom. The van der Waals surface area contributed by atoms with Gasteiger partial charge in [-0.1, -0.05) is 30.3 Å². The molecule has 132 valence electrons. The van der Waals surface area contributed by atoms with E-state index in [4.69, 9.17) is 0 Å². The Morgan fingerprint density at radius 2 is 1.92 bits per heavy atom. The largest absolute Gasteiger partial charge is 0.333 e. The number of benzene rings is 1. The lowest BCUT2D eigenvalue weighted by atomic mass is 10.0. The Balaban J connectivity index is 1.69. The van der Waals surface area contributed by atoms with Crippen molar-refractivity contribution in [2.75, 3.05) is 0 Å². The van der Waals surface area contributed by atoms with Gasteiger partial charge < -0.3 is 4.90 Å². The molecule has 0 radical (unpaired) electrons. The second-order valence-electron chi connectivity index (χ2n) is 6.54. The van der Waals surface area contributed by atoms with Crippen molar-refractivity contribution in [1.82, 2.24) is 30.1 Å². The molecule has 1 aliphatic carbocycles. The van der Waals surface area contributed by atoms with E-state index >= 15 is 0 Å². The summed E-state index contributed by atoms with van der Waals surface area (Å²) in [5.74, 6) is 0.637. The molecule has 2 heterocycles. The zero-order chi connectivity index (χ0) is 17.9. The lowest BCUT2D eigenvalue weighted by Gasteiger charge is -2.28. The van der Waals surface area contributed by atoms with Gasteiger partial charge in [0, 0.05) is 25.0 Å². The van der Waals surface area contributed by atoms with Crippen molar-refractivity contribution in [2.45, 2.75) is 38.4 Å². The van der Waals surface area contributed by atoms with Crippen molar-refractivity contribution < 1.29 is 4.79 Å². The number of pyridine rings is 1. The highest BCUT2D eigenvalue weighted by Crippen LogP contribution is 2.32. The van der Waals surface area contributed by atoms with E-state index in [0.29, 0.717) is 12.4 Å². The van der Waals surface area contributed by atoms with Gasteiger partial charge in [-0.05, 0) is 53.5 Å². The summed E-state index contributed by atoms with van der Waals surface area (Å²) >= 11 is 0. The monoisotopic (exact) mass is 348 g/mol. The minimum Gasteiger partial charge on any atom is -0.333 e.